The largest absolute Gasteiger partial charge is 0.462 e. The van der Waals surface area contributed by atoms with E-state index in [1.54, 1.807) is 0 Å². The molecule has 0 aliphatic heterocycles. The standard InChI is InChI=1S/C31H42O4/c1-21-12-15-27(34-23(3)32)20-26(21)14-13-25-11-9-19-31(7)28(16-17-29(25)31)22(2)10-8-18-30(5,6)35-24(4)33/h13-14,16,22,27,29H,1,9-12,15,17,19-20H2,2-7H3/t22-,27-,29+,31-/m1/s1. The molecule has 190 valence electrons. The molecule has 0 bridgehead atoms. The maximum atomic E-state index is 11.4. The first kappa shape index (κ1) is 27.1. The van der Waals surface area contributed by atoms with Crippen LogP contribution in [0.2, 0.25) is 0 Å². The molecule has 2 fully saturated rings. The monoisotopic (exact) mass is 478 g/mol. The van der Waals surface area contributed by atoms with Gasteiger partial charge < -0.3 is 9.47 Å². The molecule has 3 aliphatic rings. The number of allylic oxidation sites excluding steroid dienone is 6. The Morgan fingerprint density at radius 3 is 2.69 bits per heavy atom. The Kier molecular flexibility index (Phi) is 8.52. The number of ether oxygens (including phenoxy) is 2. The highest BCUT2D eigenvalue weighted by molar-refractivity contribution is 5.67. The zero-order valence-electron chi connectivity index (χ0n) is 22.5. The van der Waals surface area contributed by atoms with E-state index in [2.05, 4.69) is 50.5 Å². The Balaban J connectivity index is 1.71. The fourth-order valence-electron chi connectivity index (χ4n) is 6.24. The zero-order valence-corrected chi connectivity index (χ0v) is 22.5. The molecule has 0 N–H and O–H groups in total. The number of hydrogen-bond acceptors (Lipinski definition) is 4. The van der Waals surface area contributed by atoms with Crippen molar-refractivity contribution in [3.05, 3.63) is 47.1 Å². The minimum absolute atomic E-state index is 0.0354. The number of rotatable bonds is 5. The van der Waals surface area contributed by atoms with Crippen LogP contribution in [0.5, 0.6) is 0 Å². The van der Waals surface area contributed by atoms with E-state index in [1.165, 1.54) is 43.4 Å². The summed E-state index contributed by atoms with van der Waals surface area (Å²) < 4.78 is 10.8. The molecule has 0 spiro atoms. The summed E-state index contributed by atoms with van der Waals surface area (Å²) in [5.41, 5.74) is 4.84. The molecular formula is C31H42O4. The van der Waals surface area contributed by atoms with Gasteiger partial charge in [-0.1, -0.05) is 67.2 Å². The van der Waals surface area contributed by atoms with Gasteiger partial charge in [0.05, 0.1) is 0 Å². The molecular weight excluding hydrogens is 436 g/mol. The van der Waals surface area contributed by atoms with Gasteiger partial charge >= 0.3 is 11.9 Å². The Morgan fingerprint density at radius 2 is 2.00 bits per heavy atom. The topological polar surface area (TPSA) is 52.6 Å². The molecule has 3 aliphatic carbocycles. The molecule has 0 radical (unpaired) electrons. The second kappa shape index (κ2) is 11.0. The van der Waals surface area contributed by atoms with Gasteiger partial charge in [0.1, 0.15) is 6.10 Å². The van der Waals surface area contributed by atoms with E-state index in [4.69, 9.17) is 9.47 Å². The molecule has 35 heavy (non-hydrogen) atoms. The summed E-state index contributed by atoms with van der Waals surface area (Å²) in [7, 11) is 0. The predicted molar refractivity (Wildman–Crippen MR) is 140 cm³/mol. The predicted octanol–water partition coefficient (Wildman–Crippen LogP) is 7.02. The van der Waals surface area contributed by atoms with E-state index < -0.39 is 5.60 Å². The fraction of sp³-hybridized carbons (Fsp3) is 0.613. The molecule has 0 unspecified atom stereocenters. The molecule has 0 aromatic rings. The molecule has 0 heterocycles. The van der Waals surface area contributed by atoms with E-state index in [9.17, 15) is 9.59 Å². The highest BCUT2D eigenvalue weighted by Gasteiger charge is 2.45. The maximum Gasteiger partial charge on any atom is 0.304 e. The third kappa shape index (κ3) is 6.78. The lowest BCUT2D eigenvalue weighted by Crippen LogP contribution is -2.32. The van der Waals surface area contributed by atoms with Crippen molar-refractivity contribution in [3.8, 4) is 11.8 Å². The first-order chi connectivity index (χ1) is 16.4. The van der Waals surface area contributed by atoms with Crippen molar-refractivity contribution in [2.45, 2.75) is 105 Å². The van der Waals surface area contributed by atoms with Crippen molar-refractivity contribution in [1.82, 2.24) is 0 Å². The number of hydrogen-bond donors (Lipinski definition) is 0. The lowest BCUT2D eigenvalue weighted by Gasteiger charge is -2.42. The van der Waals surface area contributed by atoms with Gasteiger partial charge in [0.2, 0.25) is 0 Å². The molecule has 0 amide bonds. The summed E-state index contributed by atoms with van der Waals surface area (Å²) in [5.74, 6) is 6.80. The maximum absolute atomic E-state index is 11.4. The summed E-state index contributed by atoms with van der Waals surface area (Å²) in [5, 5.41) is 0. The summed E-state index contributed by atoms with van der Waals surface area (Å²) in [4.78, 5) is 22.7. The number of carbonyl (C=O) groups is 2. The molecule has 4 atom stereocenters. The van der Waals surface area contributed by atoms with Crippen molar-refractivity contribution in [2.75, 3.05) is 0 Å². The average Bonchev–Trinajstić information content (AvgIpc) is 3.10. The van der Waals surface area contributed by atoms with Crippen molar-refractivity contribution in [1.29, 1.82) is 0 Å². The molecule has 0 aromatic carbocycles. The third-order valence-electron chi connectivity index (χ3n) is 7.84. The highest BCUT2D eigenvalue weighted by atomic mass is 16.6. The first-order valence-corrected chi connectivity index (χ1v) is 13.1. The number of esters is 2. The smallest absolute Gasteiger partial charge is 0.304 e. The van der Waals surface area contributed by atoms with Crippen LogP contribution in [0, 0.1) is 29.1 Å². The Hall–Kier alpha value is -2.54. The van der Waals surface area contributed by atoms with Crippen LogP contribution >= 0.6 is 0 Å². The molecule has 4 heteroatoms. The van der Waals surface area contributed by atoms with Gasteiger partial charge in [0.15, 0.2) is 5.60 Å². The lowest BCUT2D eigenvalue weighted by molar-refractivity contribution is -0.149. The van der Waals surface area contributed by atoms with Crippen LogP contribution in [0.4, 0.5) is 0 Å². The minimum atomic E-state index is -0.756. The van der Waals surface area contributed by atoms with Crippen LogP contribution in [0.1, 0.15) is 92.9 Å². The van der Waals surface area contributed by atoms with E-state index in [1.807, 2.05) is 13.8 Å². The quantitative estimate of drug-likeness (QED) is 0.242. The van der Waals surface area contributed by atoms with Crippen molar-refractivity contribution < 1.29 is 19.1 Å². The van der Waals surface area contributed by atoms with Gasteiger partial charge in [0, 0.05) is 26.7 Å². The second-order valence-corrected chi connectivity index (χ2v) is 11.2. The van der Waals surface area contributed by atoms with Gasteiger partial charge in [-0.2, -0.15) is 0 Å². The highest BCUT2D eigenvalue weighted by Crippen LogP contribution is 2.56. The number of carbonyl (C=O) groups excluding carboxylic acids is 2. The fourth-order valence-corrected chi connectivity index (χ4v) is 6.24. The van der Waals surface area contributed by atoms with E-state index in [-0.39, 0.29) is 23.5 Å². The zero-order chi connectivity index (χ0) is 25.8. The van der Waals surface area contributed by atoms with Crippen LogP contribution < -0.4 is 0 Å². The first-order valence-electron chi connectivity index (χ1n) is 13.1. The van der Waals surface area contributed by atoms with Crippen molar-refractivity contribution >= 4 is 11.9 Å². The van der Waals surface area contributed by atoms with Crippen LogP contribution in [0.3, 0.4) is 0 Å². The van der Waals surface area contributed by atoms with Crippen LogP contribution in [-0.2, 0) is 19.1 Å². The molecule has 0 aromatic heterocycles. The summed E-state index contributed by atoms with van der Waals surface area (Å²) >= 11 is 0. The van der Waals surface area contributed by atoms with Crippen molar-refractivity contribution in [2.24, 2.45) is 17.3 Å². The second-order valence-electron chi connectivity index (χ2n) is 11.2. The summed E-state index contributed by atoms with van der Waals surface area (Å²) in [6, 6.07) is 0. The lowest BCUT2D eigenvalue weighted by atomic mass is 9.62. The molecule has 4 nitrogen and oxygen atoms in total. The van der Waals surface area contributed by atoms with Crippen LogP contribution in [0.25, 0.3) is 0 Å². The summed E-state index contributed by atoms with van der Waals surface area (Å²) in [6.07, 6.45) is 14.9. The van der Waals surface area contributed by atoms with Gasteiger partial charge in [-0.05, 0) is 75.2 Å². The average molecular weight is 479 g/mol. The Bertz CT molecular complexity index is 1010. The van der Waals surface area contributed by atoms with Crippen molar-refractivity contribution in [3.63, 3.8) is 0 Å². The molecule has 2 saturated carbocycles. The molecule has 3 rings (SSSR count). The normalized spacial score (nSPS) is 29.7. The van der Waals surface area contributed by atoms with Crippen LogP contribution in [0.15, 0.2) is 47.1 Å². The van der Waals surface area contributed by atoms with Crippen LogP contribution in [-0.4, -0.2) is 23.6 Å². The minimum Gasteiger partial charge on any atom is -0.462 e. The van der Waals surface area contributed by atoms with Gasteiger partial charge in [-0.15, -0.1) is 0 Å². The third-order valence-corrected chi connectivity index (χ3v) is 7.84. The molecule has 0 saturated heterocycles. The van der Waals surface area contributed by atoms with Gasteiger partial charge in [-0.25, -0.2) is 0 Å². The summed E-state index contributed by atoms with van der Waals surface area (Å²) in [6.45, 7) is 15.5. The Labute approximate surface area is 211 Å². The van der Waals surface area contributed by atoms with Gasteiger partial charge in [-0.3, -0.25) is 9.59 Å². The Morgan fingerprint density at radius 1 is 1.26 bits per heavy atom. The van der Waals surface area contributed by atoms with E-state index in [0.29, 0.717) is 11.8 Å². The van der Waals surface area contributed by atoms with E-state index >= 15 is 0 Å². The van der Waals surface area contributed by atoms with E-state index in [0.717, 1.165) is 44.1 Å². The van der Waals surface area contributed by atoms with Gasteiger partial charge in [0.25, 0.3) is 0 Å². The number of fused-ring (bicyclic) bond motifs is 1. The SMILES string of the molecule is C=C1CC[C@@H](OC(C)=O)CC1=CC=C1CCC[C@]2(C)C([C@H](C)CC#CC(C)(C)OC(C)=O)=CC[C@@H]12.